The minimum Gasteiger partial charge on any atom is -0.304 e. The summed E-state index contributed by atoms with van der Waals surface area (Å²) in [7, 11) is 0. The Morgan fingerprint density at radius 1 is 1.53 bits per heavy atom. The zero-order valence-corrected chi connectivity index (χ0v) is 11.2. The third-order valence-corrected chi connectivity index (χ3v) is 4.14. The Hall–Kier alpha value is -1.47. The van der Waals surface area contributed by atoms with E-state index in [1.165, 1.54) is 23.5 Å². The molecule has 17 heavy (non-hydrogen) atoms. The van der Waals surface area contributed by atoms with Gasteiger partial charge in [0.15, 0.2) is 5.82 Å². The average molecular weight is 314 g/mol. The van der Waals surface area contributed by atoms with Gasteiger partial charge in [-0.2, -0.15) is 5.10 Å². The number of aryl methyl sites for hydroxylation is 1. The Kier molecular flexibility index (Phi) is 3.39. The lowest BCUT2D eigenvalue weighted by Crippen LogP contribution is -2.14. The van der Waals surface area contributed by atoms with E-state index in [1.54, 1.807) is 6.07 Å². The quantitative estimate of drug-likeness (QED) is 0.892. The van der Waals surface area contributed by atoms with Gasteiger partial charge in [0.25, 0.3) is 11.5 Å². The zero-order valence-electron chi connectivity index (χ0n) is 8.78. The lowest BCUT2D eigenvalue weighted by Gasteiger charge is -2.00. The van der Waals surface area contributed by atoms with E-state index in [1.807, 2.05) is 6.92 Å². The Morgan fingerprint density at radius 2 is 2.29 bits per heavy atom. The smallest absolute Gasteiger partial charge is 0.266 e. The number of aromatic nitrogens is 2. The fourth-order valence-electron chi connectivity index (χ4n) is 1.16. The van der Waals surface area contributed by atoms with Gasteiger partial charge in [0.05, 0.1) is 8.66 Å². The molecule has 0 aromatic carbocycles. The first kappa shape index (κ1) is 12.0. The summed E-state index contributed by atoms with van der Waals surface area (Å²) in [4.78, 5) is 23.2. The highest BCUT2D eigenvalue weighted by Crippen LogP contribution is 2.27. The van der Waals surface area contributed by atoms with E-state index in [-0.39, 0.29) is 11.5 Å². The second-order valence-electron chi connectivity index (χ2n) is 3.33. The molecule has 2 N–H and O–H groups in total. The number of carbonyl (C=O) groups is 1. The van der Waals surface area contributed by atoms with Gasteiger partial charge in [0.1, 0.15) is 0 Å². The van der Waals surface area contributed by atoms with Crippen molar-refractivity contribution in [2.45, 2.75) is 6.92 Å². The summed E-state index contributed by atoms with van der Waals surface area (Å²) in [6.07, 6.45) is 0. The molecule has 0 saturated carbocycles. The first-order valence-corrected chi connectivity index (χ1v) is 6.30. The number of rotatable bonds is 2. The highest BCUT2D eigenvalue weighted by molar-refractivity contribution is 9.11. The number of hydrogen-bond donors (Lipinski definition) is 2. The molecule has 1 amide bonds. The van der Waals surface area contributed by atoms with Crippen LogP contribution in [0.5, 0.6) is 0 Å². The Morgan fingerprint density at radius 3 is 2.82 bits per heavy atom. The maximum Gasteiger partial charge on any atom is 0.266 e. The van der Waals surface area contributed by atoms with Crippen molar-refractivity contribution in [3.8, 4) is 0 Å². The first-order valence-electron chi connectivity index (χ1n) is 4.69. The second kappa shape index (κ2) is 4.80. The van der Waals surface area contributed by atoms with Gasteiger partial charge in [-0.05, 0) is 40.5 Å². The third kappa shape index (κ3) is 2.80. The van der Waals surface area contributed by atoms with Gasteiger partial charge in [-0.3, -0.25) is 9.59 Å². The maximum absolute atomic E-state index is 11.8. The van der Waals surface area contributed by atoms with Crippen LogP contribution in [0, 0.1) is 6.92 Å². The van der Waals surface area contributed by atoms with Crippen molar-refractivity contribution < 1.29 is 4.79 Å². The summed E-state index contributed by atoms with van der Waals surface area (Å²) in [5.41, 5.74) is 0.701. The van der Waals surface area contributed by atoms with Gasteiger partial charge in [0, 0.05) is 6.07 Å². The van der Waals surface area contributed by atoms with Gasteiger partial charge in [-0.1, -0.05) is 0 Å². The van der Waals surface area contributed by atoms with Crippen molar-refractivity contribution in [1.82, 2.24) is 10.2 Å². The number of carbonyl (C=O) groups excluding carboxylic acids is 1. The van der Waals surface area contributed by atoms with Crippen LogP contribution in [-0.2, 0) is 0 Å². The predicted molar refractivity (Wildman–Crippen MR) is 69.6 cm³/mol. The highest BCUT2D eigenvalue weighted by atomic mass is 79.9. The van der Waals surface area contributed by atoms with Gasteiger partial charge in [0.2, 0.25) is 0 Å². The molecule has 7 heteroatoms. The lowest BCUT2D eigenvalue weighted by atomic mass is 10.3. The first-order chi connectivity index (χ1) is 8.06. The lowest BCUT2D eigenvalue weighted by molar-refractivity contribution is 0.103. The molecule has 0 saturated heterocycles. The van der Waals surface area contributed by atoms with Crippen LogP contribution in [0.2, 0.25) is 0 Å². The van der Waals surface area contributed by atoms with E-state index in [4.69, 9.17) is 0 Å². The Labute approximate surface area is 109 Å². The molecule has 0 spiro atoms. The number of aromatic amines is 1. The van der Waals surface area contributed by atoms with Gasteiger partial charge in [-0.15, -0.1) is 11.3 Å². The minimum absolute atomic E-state index is 0.247. The number of hydrogen-bond acceptors (Lipinski definition) is 4. The Bertz CT molecular complexity index is 580. The van der Waals surface area contributed by atoms with Crippen molar-refractivity contribution in [3.63, 3.8) is 0 Å². The summed E-state index contributed by atoms with van der Waals surface area (Å²) < 4.78 is 0.928. The van der Waals surface area contributed by atoms with E-state index in [9.17, 15) is 9.59 Å². The molecule has 2 aromatic heterocycles. The molecule has 0 aliphatic rings. The fourth-order valence-corrected chi connectivity index (χ4v) is 2.59. The number of nitrogens with one attached hydrogen (secondary N) is 2. The number of H-pyrrole nitrogens is 1. The molecule has 0 bridgehead atoms. The maximum atomic E-state index is 11.8. The topological polar surface area (TPSA) is 74.8 Å². The third-order valence-electron chi connectivity index (χ3n) is 2.00. The van der Waals surface area contributed by atoms with Gasteiger partial charge < -0.3 is 5.32 Å². The summed E-state index contributed by atoms with van der Waals surface area (Å²) >= 11 is 4.70. The van der Waals surface area contributed by atoms with E-state index in [0.29, 0.717) is 10.7 Å². The molecular formula is C10H8BrN3O2S. The molecule has 0 aliphatic carbocycles. The van der Waals surface area contributed by atoms with Crippen molar-refractivity contribution in [3.05, 3.63) is 42.8 Å². The fraction of sp³-hybridized carbons (Fsp3) is 0.100. The van der Waals surface area contributed by atoms with E-state index < -0.39 is 0 Å². The largest absolute Gasteiger partial charge is 0.304 e. The molecule has 5 nitrogen and oxygen atoms in total. The molecule has 2 heterocycles. The molecule has 0 aliphatic heterocycles. The molecule has 2 rings (SSSR count). The van der Waals surface area contributed by atoms with Gasteiger partial charge >= 0.3 is 0 Å². The number of amides is 1. The SMILES string of the molecule is Cc1cc(C(=O)Nc2ccc(=O)[nH]n2)sc1Br. The van der Waals surface area contributed by atoms with Crippen LogP contribution in [0.1, 0.15) is 15.2 Å². The average Bonchev–Trinajstić information content (AvgIpc) is 2.63. The van der Waals surface area contributed by atoms with E-state index in [0.717, 1.165) is 9.35 Å². The van der Waals surface area contributed by atoms with Crippen LogP contribution in [0.3, 0.4) is 0 Å². The van der Waals surface area contributed by atoms with Crippen molar-refractivity contribution >= 4 is 39.0 Å². The van der Waals surface area contributed by atoms with Crippen LogP contribution in [0.25, 0.3) is 0 Å². The molecule has 0 fully saturated rings. The van der Waals surface area contributed by atoms with Crippen LogP contribution in [0.4, 0.5) is 5.82 Å². The summed E-state index contributed by atoms with van der Waals surface area (Å²) in [6.45, 7) is 1.91. The summed E-state index contributed by atoms with van der Waals surface area (Å²) in [6, 6.07) is 4.54. The van der Waals surface area contributed by atoms with E-state index >= 15 is 0 Å². The normalized spacial score (nSPS) is 10.2. The van der Waals surface area contributed by atoms with Crippen LogP contribution < -0.4 is 10.9 Å². The molecule has 2 aromatic rings. The molecule has 0 atom stereocenters. The minimum atomic E-state index is -0.308. The van der Waals surface area contributed by atoms with Crippen molar-refractivity contribution in [2.75, 3.05) is 5.32 Å². The highest BCUT2D eigenvalue weighted by Gasteiger charge is 2.11. The molecular weight excluding hydrogens is 306 g/mol. The summed E-state index contributed by atoms with van der Waals surface area (Å²) in [5.74, 6) is 0.0696. The number of nitrogens with zero attached hydrogens (tertiary/aromatic N) is 1. The molecule has 88 valence electrons. The molecule has 0 radical (unpaired) electrons. The molecule has 0 unspecified atom stereocenters. The Balaban J connectivity index is 2.16. The monoisotopic (exact) mass is 313 g/mol. The van der Waals surface area contributed by atoms with Crippen molar-refractivity contribution in [2.24, 2.45) is 0 Å². The number of halogens is 1. The van der Waals surface area contributed by atoms with Crippen molar-refractivity contribution in [1.29, 1.82) is 0 Å². The second-order valence-corrected chi connectivity index (χ2v) is 5.70. The van der Waals surface area contributed by atoms with Crippen LogP contribution >= 0.6 is 27.3 Å². The zero-order chi connectivity index (χ0) is 12.4. The van der Waals surface area contributed by atoms with Crippen LogP contribution in [-0.4, -0.2) is 16.1 Å². The number of thiophene rings is 1. The summed E-state index contributed by atoms with van der Waals surface area (Å²) in [5, 5.41) is 8.54. The van der Waals surface area contributed by atoms with Gasteiger partial charge in [-0.25, -0.2) is 5.10 Å². The number of anilines is 1. The van der Waals surface area contributed by atoms with Crippen LogP contribution in [0.15, 0.2) is 26.8 Å². The van der Waals surface area contributed by atoms with E-state index in [2.05, 4.69) is 31.4 Å². The standard InChI is InChI=1S/C10H8BrN3O2S/c1-5-4-6(17-9(5)11)10(16)12-7-2-3-8(15)14-13-7/h2-4H,1H3,(H,14,15)(H,12,13,16). The predicted octanol–water partition coefficient (Wildman–Crippen LogP) is 2.15.